The molecule has 0 atom stereocenters. The minimum absolute atomic E-state index is 0.0273. The second-order valence-corrected chi connectivity index (χ2v) is 5.55. The first-order chi connectivity index (χ1) is 8.56. The number of nitro groups is 1. The van der Waals surface area contributed by atoms with Crippen LogP contribution in [0.3, 0.4) is 0 Å². The van der Waals surface area contributed by atoms with Crippen LogP contribution in [0.2, 0.25) is 0 Å². The Hall–Kier alpha value is -1.27. The molecule has 0 saturated heterocycles. The van der Waals surface area contributed by atoms with Crippen LogP contribution in [0.15, 0.2) is 18.2 Å². The average Bonchev–Trinajstić information content (AvgIpc) is 2.33. The average molecular weight is 269 g/mol. The van der Waals surface area contributed by atoms with Gasteiger partial charge in [0.15, 0.2) is 0 Å². The highest BCUT2D eigenvalue weighted by molar-refractivity contribution is 7.98. The summed E-state index contributed by atoms with van der Waals surface area (Å²) in [5.74, 6) is 7.83. The van der Waals surface area contributed by atoms with E-state index in [1.54, 1.807) is 17.8 Å². The van der Waals surface area contributed by atoms with Gasteiger partial charge in [0.2, 0.25) is 0 Å². The lowest BCUT2D eigenvalue weighted by molar-refractivity contribution is -0.384. The molecule has 0 radical (unpaired) electrons. The Morgan fingerprint density at radius 2 is 2.22 bits per heavy atom. The highest BCUT2D eigenvalue weighted by Crippen LogP contribution is 2.30. The fourth-order valence-electron chi connectivity index (χ4n) is 1.53. The SMILES string of the molecule is CC(C)CCSCc1cccc([N+](=O)[O-])c1NN. The smallest absolute Gasteiger partial charge is 0.293 e. The number of anilines is 1. The Labute approximate surface area is 111 Å². The van der Waals surface area contributed by atoms with Crippen LogP contribution in [0.4, 0.5) is 11.4 Å². The number of nitrogens with zero attached hydrogens (tertiary/aromatic N) is 1. The molecule has 0 aliphatic heterocycles. The van der Waals surface area contributed by atoms with Gasteiger partial charge in [-0.25, -0.2) is 0 Å². The quantitative estimate of drug-likeness (QED) is 0.344. The van der Waals surface area contributed by atoms with Gasteiger partial charge in [0.1, 0.15) is 5.69 Å². The van der Waals surface area contributed by atoms with Crippen molar-refractivity contribution < 1.29 is 4.92 Å². The number of thioether (sulfide) groups is 1. The molecular formula is C12H19N3O2S. The largest absolute Gasteiger partial charge is 0.318 e. The first-order valence-corrected chi connectivity index (χ1v) is 7.02. The van der Waals surface area contributed by atoms with Crippen LogP contribution < -0.4 is 11.3 Å². The van der Waals surface area contributed by atoms with E-state index in [2.05, 4.69) is 19.3 Å². The van der Waals surface area contributed by atoms with E-state index in [4.69, 9.17) is 5.84 Å². The van der Waals surface area contributed by atoms with Crippen molar-refractivity contribution in [3.63, 3.8) is 0 Å². The van der Waals surface area contributed by atoms with Crippen molar-refractivity contribution in [2.75, 3.05) is 11.2 Å². The van der Waals surface area contributed by atoms with Gasteiger partial charge in [-0.1, -0.05) is 26.0 Å². The molecule has 3 N–H and O–H groups in total. The number of rotatable bonds is 7. The van der Waals surface area contributed by atoms with Gasteiger partial charge in [-0.05, 0) is 23.7 Å². The van der Waals surface area contributed by atoms with Crippen molar-refractivity contribution in [2.45, 2.75) is 26.0 Å². The molecule has 100 valence electrons. The first-order valence-electron chi connectivity index (χ1n) is 5.87. The van der Waals surface area contributed by atoms with Gasteiger partial charge < -0.3 is 5.43 Å². The van der Waals surface area contributed by atoms with Crippen LogP contribution >= 0.6 is 11.8 Å². The second kappa shape index (κ2) is 7.23. The molecule has 1 aromatic carbocycles. The Morgan fingerprint density at radius 1 is 1.50 bits per heavy atom. The fraction of sp³-hybridized carbons (Fsp3) is 0.500. The zero-order valence-corrected chi connectivity index (χ0v) is 11.5. The van der Waals surface area contributed by atoms with Crippen molar-refractivity contribution in [2.24, 2.45) is 11.8 Å². The van der Waals surface area contributed by atoms with Crippen LogP contribution in [-0.2, 0) is 5.75 Å². The molecule has 0 aliphatic rings. The molecule has 0 bridgehead atoms. The van der Waals surface area contributed by atoms with E-state index in [0.29, 0.717) is 11.6 Å². The minimum Gasteiger partial charge on any atom is -0.318 e. The van der Waals surface area contributed by atoms with E-state index in [-0.39, 0.29) is 5.69 Å². The van der Waals surface area contributed by atoms with E-state index in [0.717, 1.165) is 23.5 Å². The molecule has 0 unspecified atom stereocenters. The van der Waals surface area contributed by atoms with Gasteiger partial charge >= 0.3 is 0 Å². The van der Waals surface area contributed by atoms with Crippen molar-refractivity contribution in [3.8, 4) is 0 Å². The summed E-state index contributed by atoms with van der Waals surface area (Å²) in [5.41, 5.74) is 3.76. The summed E-state index contributed by atoms with van der Waals surface area (Å²) in [5, 5.41) is 10.9. The number of nitrogens with one attached hydrogen (secondary N) is 1. The summed E-state index contributed by atoms with van der Waals surface area (Å²) in [4.78, 5) is 10.4. The topological polar surface area (TPSA) is 81.2 Å². The van der Waals surface area contributed by atoms with Gasteiger partial charge in [-0.2, -0.15) is 11.8 Å². The molecule has 0 amide bonds. The molecule has 1 aromatic rings. The molecule has 18 heavy (non-hydrogen) atoms. The number of para-hydroxylation sites is 1. The van der Waals surface area contributed by atoms with E-state index >= 15 is 0 Å². The number of nitrogen functional groups attached to an aromatic ring is 1. The lowest BCUT2D eigenvalue weighted by Gasteiger charge is -2.09. The Morgan fingerprint density at radius 3 is 2.78 bits per heavy atom. The normalized spacial score (nSPS) is 10.7. The monoisotopic (exact) mass is 269 g/mol. The maximum absolute atomic E-state index is 10.9. The summed E-state index contributed by atoms with van der Waals surface area (Å²) in [6.45, 7) is 4.36. The predicted octanol–water partition coefficient (Wildman–Crippen LogP) is 3.16. The molecule has 6 heteroatoms. The number of hydrogen-bond acceptors (Lipinski definition) is 5. The third-order valence-corrected chi connectivity index (χ3v) is 3.61. The predicted molar refractivity (Wildman–Crippen MR) is 76.5 cm³/mol. The van der Waals surface area contributed by atoms with Crippen LogP contribution in [0.1, 0.15) is 25.8 Å². The number of nitro benzene ring substituents is 1. The summed E-state index contributed by atoms with van der Waals surface area (Å²) in [6, 6.07) is 5.01. The number of benzene rings is 1. The van der Waals surface area contributed by atoms with E-state index in [1.165, 1.54) is 6.07 Å². The maximum atomic E-state index is 10.9. The summed E-state index contributed by atoms with van der Waals surface area (Å²) < 4.78 is 0. The fourth-order valence-corrected chi connectivity index (χ4v) is 2.77. The zero-order valence-electron chi connectivity index (χ0n) is 10.7. The molecule has 0 fully saturated rings. The van der Waals surface area contributed by atoms with E-state index in [9.17, 15) is 10.1 Å². The van der Waals surface area contributed by atoms with Crippen molar-refractivity contribution in [1.29, 1.82) is 0 Å². The molecule has 1 rings (SSSR count). The van der Waals surface area contributed by atoms with Crippen LogP contribution in [0, 0.1) is 16.0 Å². The van der Waals surface area contributed by atoms with E-state index in [1.807, 2.05) is 6.07 Å². The third-order valence-electron chi connectivity index (χ3n) is 2.57. The standard InChI is InChI=1S/C12H19N3O2S/c1-9(2)6-7-18-8-10-4-3-5-11(15(16)17)12(10)14-13/h3-5,9,14H,6-8,13H2,1-2H3. The Bertz CT molecular complexity index is 410. The van der Waals surface area contributed by atoms with Gasteiger partial charge in [0.25, 0.3) is 5.69 Å². The van der Waals surface area contributed by atoms with Gasteiger partial charge in [-0.15, -0.1) is 0 Å². The van der Waals surface area contributed by atoms with Crippen LogP contribution in [-0.4, -0.2) is 10.7 Å². The molecule has 0 heterocycles. The van der Waals surface area contributed by atoms with Gasteiger partial charge in [0, 0.05) is 11.8 Å². The highest BCUT2D eigenvalue weighted by Gasteiger charge is 2.16. The molecule has 0 saturated carbocycles. The maximum Gasteiger partial charge on any atom is 0.293 e. The molecule has 5 nitrogen and oxygen atoms in total. The van der Waals surface area contributed by atoms with Gasteiger partial charge in [0.05, 0.1) is 4.92 Å². The number of nitrogens with two attached hydrogens (primary N) is 1. The minimum atomic E-state index is -0.419. The van der Waals surface area contributed by atoms with Crippen LogP contribution in [0.25, 0.3) is 0 Å². The van der Waals surface area contributed by atoms with Crippen molar-refractivity contribution >= 4 is 23.1 Å². The van der Waals surface area contributed by atoms with Crippen molar-refractivity contribution in [3.05, 3.63) is 33.9 Å². The molecule has 0 spiro atoms. The molecule has 0 aromatic heterocycles. The van der Waals surface area contributed by atoms with Crippen LogP contribution in [0.5, 0.6) is 0 Å². The number of hydrazine groups is 1. The molecule has 0 aliphatic carbocycles. The first kappa shape index (κ1) is 14.8. The highest BCUT2D eigenvalue weighted by atomic mass is 32.2. The zero-order chi connectivity index (χ0) is 13.5. The summed E-state index contributed by atoms with van der Waals surface area (Å²) in [6.07, 6.45) is 1.14. The summed E-state index contributed by atoms with van der Waals surface area (Å²) >= 11 is 1.77. The van der Waals surface area contributed by atoms with Crippen molar-refractivity contribution in [1.82, 2.24) is 0 Å². The Balaban J connectivity index is 2.70. The Kier molecular flexibility index (Phi) is 5.94. The van der Waals surface area contributed by atoms with Gasteiger partial charge in [-0.3, -0.25) is 16.0 Å². The lowest BCUT2D eigenvalue weighted by Crippen LogP contribution is -2.11. The number of hydrogen-bond donors (Lipinski definition) is 2. The lowest BCUT2D eigenvalue weighted by atomic mass is 10.2. The van der Waals surface area contributed by atoms with E-state index < -0.39 is 4.92 Å². The summed E-state index contributed by atoms with van der Waals surface area (Å²) in [7, 11) is 0. The third kappa shape index (κ3) is 4.19. The molecular weight excluding hydrogens is 250 g/mol. The second-order valence-electron chi connectivity index (χ2n) is 4.45.